The summed E-state index contributed by atoms with van der Waals surface area (Å²) in [5.74, 6) is 5.86. The second-order valence-electron chi connectivity index (χ2n) is 4.47. The van der Waals surface area contributed by atoms with Gasteiger partial charge in [0.05, 0.1) is 13.2 Å². The zero-order chi connectivity index (χ0) is 13.4. The van der Waals surface area contributed by atoms with Crippen molar-refractivity contribution < 1.29 is 9.53 Å². The Hall–Kier alpha value is -1.34. The highest BCUT2D eigenvalue weighted by Gasteiger charge is 2.22. The molecule has 1 amide bonds. The lowest BCUT2D eigenvalue weighted by Gasteiger charge is -2.15. The Kier molecular flexibility index (Phi) is 6.45. The molecule has 1 saturated carbocycles. The Balaban J connectivity index is 2.21. The average molecular weight is 257 g/mol. The molecular formula is C11H23N5O2. The second kappa shape index (κ2) is 7.88. The van der Waals surface area contributed by atoms with Gasteiger partial charge in [-0.15, -0.1) is 0 Å². The number of aliphatic imine (C=N–C) groups is 1. The molecule has 7 heteroatoms. The summed E-state index contributed by atoms with van der Waals surface area (Å²) in [7, 11) is 1.63. The van der Waals surface area contributed by atoms with Crippen molar-refractivity contribution >= 4 is 11.9 Å². The third-order valence-electron chi connectivity index (χ3n) is 2.49. The van der Waals surface area contributed by atoms with Crippen molar-refractivity contribution in [1.29, 1.82) is 0 Å². The van der Waals surface area contributed by atoms with Gasteiger partial charge in [-0.3, -0.25) is 15.2 Å². The van der Waals surface area contributed by atoms with Gasteiger partial charge in [-0.25, -0.2) is 5.84 Å². The molecule has 0 aromatic carbocycles. The van der Waals surface area contributed by atoms with Crippen LogP contribution in [0, 0.1) is 0 Å². The molecule has 1 atom stereocenters. The number of guanidine groups is 1. The smallest absolute Gasteiger partial charge is 0.222 e. The topological polar surface area (TPSA) is 101 Å². The molecular weight excluding hydrogens is 234 g/mol. The van der Waals surface area contributed by atoms with E-state index < -0.39 is 0 Å². The SMILES string of the molecule is COCC(C)NC(=NCCC(=O)NC1CC1)NN. The van der Waals surface area contributed by atoms with Gasteiger partial charge in [0, 0.05) is 25.6 Å². The first kappa shape index (κ1) is 14.7. The molecule has 0 aliphatic heterocycles. The van der Waals surface area contributed by atoms with Gasteiger partial charge in [-0.05, 0) is 19.8 Å². The van der Waals surface area contributed by atoms with Crippen LogP contribution in [0.1, 0.15) is 26.2 Å². The Morgan fingerprint density at radius 1 is 1.56 bits per heavy atom. The largest absolute Gasteiger partial charge is 0.383 e. The molecule has 0 aromatic heterocycles. The van der Waals surface area contributed by atoms with Crippen LogP contribution in [0.15, 0.2) is 4.99 Å². The molecule has 0 radical (unpaired) electrons. The number of nitrogens with two attached hydrogens (primary N) is 1. The van der Waals surface area contributed by atoms with Crippen LogP contribution >= 0.6 is 0 Å². The summed E-state index contributed by atoms with van der Waals surface area (Å²) in [6, 6.07) is 0.499. The van der Waals surface area contributed by atoms with Crippen LogP contribution in [-0.4, -0.2) is 44.2 Å². The number of hydrogen-bond donors (Lipinski definition) is 4. The fourth-order valence-electron chi connectivity index (χ4n) is 1.45. The second-order valence-corrected chi connectivity index (χ2v) is 4.47. The van der Waals surface area contributed by atoms with Crippen LogP contribution in [0.4, 0.5) is 0 Å². The number of rotatable bonds is 7. The van der Waals surface area contributed by atoms with E-state index >= 15 is 0 Å². The third kappa shape index (κ3) is 6.41. The molecule has 0 spiro atoms. The summed E-state index contributed by atoms with van der Waals surface area (Å²) in [6.45, 7) is 2.92. The number of nitrogens with one attached hydrogen (secondary N) is 3. The maximum Gasteiger partial charge on any atom is 0.222 e. The van der Waals surface area contributed by atoms with E-state index in [1.165, 1.54) is 0 Å². The van der Waals surface area contributed by atoms with E-state index in [4.69, 9.17) is 10.6 Å². The zero-order valence-electron chi connectivity index (χ0n) is 11.0. The fourth-order valence-corrected chi connectivity index (χ4v) is 1.45. The highest BCUT2D eigenvalue weighted by Crippen LogP contribution is 2.18. The molecule has 1 fully saturated rings. The number of ether oxygens (including phenoxy) is 1. The molecule has 7 nitrogen and oxygen atoms in total. The van der Waals surface area contributed by atoms with Crippen LogP contribution < -0.4 is 21.9 Å². The van der Waals surface area contributed by atoms with Gasteiger partial charge < -0.3 is 15.4 Å². The number of methoxy groups -OCH3 is 1. The monoisotopic (exact) mass is 257 g/mol. The number of hydrazine groups is 1. The normalized spacial score (nSPS) is 17.2. The van der Waals surface area contributed by atoms with Crippen molar-refractivity contribution in [3.05, 3.63) is 0 Å². The van der Waals surface area contributed by atoms with E-state index in [-0.39, 0.29) is 11.9 Å². The van der Waals surface area contributed by atoms with Gasteiger partial charge in [0.25, 0.3) is 0 Å². The standard InChI is InChI=1S/C11H23N5O2/c1-8(7-18-2)14-11(16-12)13-6-5-10(17)15-9-3-4-9/h8-9H,3-7,12H2,1-2H3,(H,15,17)(H2,13,14,16). The van der Waals surface area contributed by atoms with E-state index in [2.05, 4.69) is 21.1 Å². The van der Waals surface area contributed by atoms with Crippen molar-refractivity contribution in [2.75, 3.05) is 20.3 Å². The van der Waals surface area contributed by atoms with E-state index in [1.54, 1.807) is 7.11 Å². The minimum Gasteiger partial charge on any atom is -0.383 e. The van der Waals surface area contributed by atoms with Gasteiger partial charge >= 0.3 is 0 Å². The minimum atomic E-state index is 0.0440. The zero-order valence-corrected chi connectivity index (χ0v) is 11.0. The van der Waals surface area contributed by atoms with E-state index in [9.17, 15) is 4.79 Å². The van der Waals surface area contributed by atoms with Crippen LogP contribution in [-0.2, 0) is 9.53 Å². The molecule has 1 rings (SSSR count). The first-order valence-corrected chi connectivity index (χ1v) is 6.21. The molecule has 18 heavy (non-hydrogen) atoms. The number of amides is 1. The molecule has 0 bridgehead atoms. The Bertz CT molecular complexity index is 291. The third-order valence-corrected chi connectivity index (χ3v) is 2.49. The van der Waals surface area contributed by atoms with Crippen molar-refractivity contribution in [3.63, 3.8) is 0 Å². The summed E-state index contributed by atoms with van der Waals surface area (Å²) < 4.78 is 4.99. The Morgan fingerprint density at radius 2 is 2.28 bits per heavy atom. The summed E-state index contributed by atoms with van der Waals surface area (Å²) in [5, 5.41) is 5.96. The van der Waals surface area contributed by atoms with Crippen molar-refractivity contribution in [2.24, 2.45) is 10.8 Å². The summed E-state index contributed by atoms with van der Waals surface area (Å²) >= 11 is 0. The highest BCUT2D eigenvalue weighted by molar-refractivity contribution is 5.80. The lowest BCUT2D eigenvalue weighted by atomic mass is 10.4. The van der Waals surface area contributed by atoms with Gasteiger partial charge in [0.2, 0.25) is 11.9 Å². The summed E-state index contributed by atoms with van der Waals surface area (Å²) in [4.78, 5) is 15.6. The van der Waals surface area contributed by atoms with Crippen molar-refractivity contribution in [3.8, 4) is 0 Å². The van der Waals surface area contributed by atoms with Gasteiger partial charge in [0.1, 0.15) is 0 Å². The maximum atomic E-state index is 11.4. The molecule has 0 heterocycles. The Morgan fingerprint density at radius 3 is 2.83 bits per heavy atom. The lowest BCUT2D eigenvalue weighted by molar-refractivity contribution is -0.121. The van der Waals surface area contributed by atoms with Crippen molar-refractivity contribution in [1.82, 2.24) is 16.1 Å². The molecule has 1 aliphatic rings. The lowest BCUT2D eigenvalue weighted by Crippen LogP contribution is -2.47. The molecule has 0 saturated heterocycles. The van der Waals surface area contributed by atoms with Gasteiger partial charge in [-0.1, -0.05) is 0 Å². The molecule has 1 aliphatic carbocycles. The number of hydrogen-bond acceptors (Lipinski definition) is 4. The summed E-state index contributed by atoms with van der Waals surface area (Å²) in [6.07, 6.45) is 2.57. The van der Waals surface area contributed by atoms with Gasteiger partial charge in [-0.2, -0.15) is 0 Å². The minimum absolute atomic E-state index is 0.0440. The molecule has 1 unspecified atom stereocenters. The molecule has 5 N–H and O–H groups in total. The maximum absolute atomic E-state index is 11.4. The van der Waals surface area contributed by atoms with Crippen LogP contribution in [0.25, 0.3) is 0 Å². The Labute approximate surface area is 108 Å². The van der Waals surface area contributed by atoms with Crippen LogP contribution in [0.5, 0.6) is 0 Å². The van der Waals surface area contributed by atoms with Crippen molar-refractivity contribution in [2.45, 2.75) is 38.3 Å². The first-order valence-electron chi connectivity index (χ1n) is 6.21. The van der Waals surface area contributed by atoms with E-state index in [0.717, 1.165) is 12.8 Å². The molecule has 104 valence electrons. The number of carbonyl (C=O) groups excluding carboxylic acids is 1. The van der Waals surface area contributed by atoms with Gasteiger partial charge in [0.15, 0.2) is 0 Å². The highest BCUT2D eigenvalue weighted by atomic mass is 16.5. The van der Waals surface area contributed by atoms with E-state index in [0.29, 0.717) is 31.6 Å². The number of nitrogens with zero attached hydrogens (tertiary/aromatic N) is 1. The van der Waals surface area contributed by atoms with Crippen LogP contribution in [0.3, 0.4) is 0 Å². The molecule has 0 aromatic rings. The summed E-state index contributed by atoms with van der Waals surface area (Å²) in [5.41, 5.74) is 2.47. The predicted octanol–water partition coefficient (Wildman–Crippen LogP) is -0.901. The average Bonchev–Trinajstić information content (AvgIpc) is 3.11. The van der Waals surface area contributed by atoms with Crippen LogP contribution in [0.2, 0.25) is 0 Å². The quantitative estimate of drug-likeness (QED) is 0.205. The fraction of sp³-hybridized carbons (Fsp3) is 0.818. The number of carbonyl (C=O) groups is 1. The predicted molar refractivity (Wildman–Crippen MR) is 69.9 cm³/mol. The van der Waals surface area contributed by atoms with E-state index in [1.807, 2.05) is 6.92 Å². The first-order chi connectivity index (χ1) is 8.65.